The van der Waals surface area contributed by atoms with E-state index in [2.05, 4.69) is 20.0 Å². The molecule has 0 amide bonds. The van der Waals surface area contributed by atoms with Gasteiger partial charge in [-0.25, -0.2) is 17.8 Å². The van der Waals surface area contributed by atoms with E-state index >= 15 is 0 Å². The second kappa shape index (κ2) is 6.52. The molecule has 0 fully saturated rings. The molecule has 9 heteroatoms. The van der Waals surface area contributed by atoms with E-state index in [1.54, 1.807) is 45.9 Å². The van der Waals surface area contributed by atoms with Gasteiger partial charge in [0.2, 0.25) is 15.3 Å². The van der Waals surface area contributed by atoms with Gasteiger partial charge >= 0.3 is 0 Å². The molecule has 0 saturated carbocycles. The lowest BCUT2D eigenvalue weighted by Crippen LogP contribution is -2.33. The summed E-state index contributed by atoms with van der Waals surface area (Å²) >= 11 is 5.66. The van der Waals surface area contributed by atoms with Crippen LogP contribution in [0.4, 0.5) is 21.6 Å². The van der Waals surface area contributed by atoms with Crippen LogP contribution in [0.1, 0.15) is 26.3 Å². The number of hydrogen-bond donors (Lipinski definition) is 2. The third-order valence-corrected chi connectivity index (χ3v) is 5.55. The van der Waals surface area contributed by atoms with Crippen molar-refractivity contribution in [1.82, 2.24) is 9.97 Å². The monoisotopic (exact) mass is 372 g/mol. The van der Waals surface area contributed by atoms with E-state index in [-0.39, 0.29) is 11.1 Å². The van der Waals surface area contributed by atoms with Gasteiger partial charge in [-0.2, -0.15) is 4.98 Å². The first-order valence-corrected chi connectivity index (χ1v) is 8.94. The average Bonchev–Trinajstić information content (AvgIpc) is 2.45. The molecule has 0 aliphatic carbocycles. The van der Waals surface area contributed by atoms with E-state index in [1.165, 1.54) is 0 Å². The number of aromatic nitrogens is 2. The molecule has 0 saturated heterocycles. The highest BCUT2D eigenvalue weighted by atomic mass is 35.5. The Hall–Kier alpha value is -1.93. The lowest BCUT2D eigenvalue weighted by molar-refractivity contribution is 0.566. The minimum absolute atomic E-state index is 0.0940. The van der Waals surface area contributed by atoms with Gasteiger partial charge in [-0.15, -0.1) is 0 Å². The second-order valence-corrected chi connectivity index (χ2v) is 8.98. The minimum atomic E-state index is -3.58. The highest BCUT2D eigenvalue weighted by molar-refractivity contribution is 7.94. The highest BCUT2D eigenvalue weighted by Crippen LogP contribution is 2.27. The number of rotatable bonds is 4. The molecule has 0 atom stereocenters. The standard InChI is InChI=1S/C15H18ClFN4O2S/c1-9-5-6-10(19-13-11(17)8-18-14(16)20-13)7-12(9)21-24(22,23)15(2,3)4/h5-8,21H,1-4H3,(H,18,19,20). The summed E-state index contributed by atoms with van der Waals surface area (Å²) in [4.78, 5) is 7.30. The molecule has 0 spiro atoms. The number of benzene rings is 1. The van der Waals surface area contributed by atoms with Crippen LogP contribution in [0.15, 0.2) is 24.4 Å². The van der Waals surface area contributed by atoms with E-state index in [0.717, 1.165) is 11.8 Å². The summed E-state index contributed by atoms with van der Waals surface area (Å²) in [6.07, 6.45) is 0.953. The van der Waals surface area contributed by atoms with Crippen molar-refractivity contribution in [3.8, 4) is 0 Å². The van der Waals surface area contributed by atoms with Crippen molar-refractivity contribution in [1.29, 1.82) is 0 Å². The second-order valence-electron chi connectivity index (χ2n) is 6.21. The van der Waals surface area contributed by atoms with Crippen LogP contribution in [-0.4, -0.2) is 23.1 Å². The summed E-state index contributed by atoms with van der Waals surface area (Å²) in [5, 5.41) is 2.66. The molecule has 1 aromatic carbocycles. The largest absolute Gasteiger partial charge is 0.338 e. The first-order valence-electron chi connectivity index (χ1n) is 7.08. The molecule has 6 nitrogen and oxygen atoms in total. The summed E-state index contributed by atoms with van der Waals surface area (Å²) in [5.74, 6) is -0.764. The van der Waals surface area contributed by atoms with Gasteiger partial charge in [0.1, 0.15) is 0 Å². The number of halogens is 2. The Bertz CT molecular complexity index is 866. The maximum Gasteiger partial charge on any atom is 0.237 e. The van der Waals surface area contributed by atoms with Crippen molar-refractivity contribution in [3.05, 3.63) is 41.1 Å². The van der Waals surface area contributed by atoms with Gasteiger partial charge in [0.05, 0.1) is 16.6 Å². The predicted molar refractivity (Wildman–Crippen MR) is 93.8 cm³/mol. The summed E-state index contributed by atoms with van der Waals surface area (Å²) < 4.78 is 39.9. The third-order valence-electron chi connectivity index (χ3n) is 3.27. The molecule has 0 bridgehead atoms. The predicted octanol–water partition coefficient (Wildman–Crippen LogP) is 3.86. The van der Waals surface area contributed by atoms with Crippen molar-refractivity contribution in [2.75, 3.05) is 10.0 Å². The fourth-order valence-electron chi connectivity index (χ4n) is 1.68. The van der Waals surface area contributed by atoms with Crippen molar-refractivity contribution in [3.63, 3.8) is 0 Å². The zero-order valence-electron chi connectivity index (χ0n) is 13.7. The Balaban J connectivity index is 2.34. The molecule has 0 aliphatic heterocycles. The van der Waals surface area contributed by atoms with Gasteiger partial charge in [-0.05, 0) is 57.0 Å². The number of anilines is 3. The molecule has 1 heterocycles. The van der Waals surface area contributed by atoms with Crippen LogP contribution in [0.25, 0.3) is 0 Å². The Morgan fingerprint density at radius 3 is 2.54 bits per heavy atom. The average molecular weight is 373 g/mol. The van der Waals surface area contributed by atoms with Crippen LogP contribution in [0.3, 0.4) is 0 Å². The SMILES string of the molecule is Cc1ccc(Nc2nc(Cl)ncc2F)cc1NS(=O)(=O)C(C)(C)C. The summed E-state index contributed by atoms with van der Waals surface area (Å²) in [7, 11) is -3.58. The molecule has 1 aromatic heterocycles. The molecular weight excluding hydrogens is 355 g/mol. The van der Waals surface area contributed by atoms with Gasteiger partial charge in [-0.1, -0.05) is 6.07 Å². The molecule has 2 aromatic rings. The number of nitrogens with one attached hydrogen (secondary N) is 2. The fraction of sp³-hybridized carbons (Fsp3) is 0.333. The third kappa shape index (κ3) is 4.12. The van der Waals surface area contributed by atoms with Gasteiger partial charge in [0.15, 0.2) is 11.6 Å². The fourth-order valence-corrected chi connectivity index (χ4v) is 2.63. The lowest BCUT2D eigenvalue weighted by atomic mass is 10.2. The van der Waals surface area contributed by atoms with Crippen LogP contribution < -0.4 is 10.0 Å². The molecule has 2 rings (SSSR count). The molecule has 130 valence electrons. The summed E-state index contributed by atoms with van der Waals surface area (Å²) in [5.41, 5.74) is 1.59. The van der Waals surface area contributed by atoms with Crippen LogP contribution >= 0.6 is 11.6 Å². The Kier molecular flexibility index (Phi) is 5.00. The molecule has 24 heavy (non-hydrogen) atoms. The number of nitrogens with zero attached hydrogens (tertiary/aromatic N) is 2. The van der Waals surface area contributed by atoms with Crippen molar-refractivity contribution in [2.24, 2.45) is 0 Å². The zero-order valence-corrected chi connectivity index (χ0v) is 15.3. The van der Waals surface area contributed by atoms with Gasteiger partial charge in [0, 0.05) is 5.69 Å². The number of aryl methyl sites for hydroxylation is 1. The lowest BCUT2D eigenvalue weighted by Gasteiger charge is -2.21. The maximum atomic E-state index is 13.7. The highest BCUT2D eigenvalue weighted by Gasteiger charge is 2.29. The van der Waals surface area contributed by atoms with E-state index in [0.29, 0.717) is 11.4 Å². The van der Waals surface area contributed by atoms with Gasteiger partial charge in [-0.3, -0.25) is 4.72 Å². The molecule has 0 aliphatic rings. The summed E-state index contributed by atoms with van der Waals surface area (Å²) in [6, 6.07) is 4.96. The van der Waals surface area contributed by atoms with E-state index in [1.807, 2.05) is 0 Å². The van der Waals surface area contributed by atoms with Crippen LogP contribution in [0.5, 0.6) is 0 Å². The van der Waals surface area contributed by atoms with Crippen molar-refractivity contribution < 1.29 is 12.8 Å². The number of hydrogen-bond acceptors (Lipinski definition) is 5. The van der Waals surface area contributed by atoms with Crippen molar-refractivity contribution >= 4 is 38.8 Å². The van der Waals surface area contributed by atoms with Crippen LogP contribution in [0.2, 0.25) is 5.28 Å². The Morgan fingerprint density at radius 1 is 1.25 bits per heavy atom. The number of sulfonamides is 1. The van der Waals surface area contributed by atoms with Gasteiger partial charge in [0.25, 0.3) is 0 Å². The molecular formula is C15H18ClFN4O2S. The van der Waals surface area contributed by atoms with Crippen LogP contribution in [-0.2, 0) is 10.0 Å². The minimum Gasteiger partial charge on any atom is -0.338 e. The van der Waals surface area contributed by atoms with Crippen LogP contribution in [0, 0.1) is 12.7 Å². The zero-order chi connectivity index (χ0) is 18.1. The Labute approximate surface area is 145 Å². The molecule has 2 N–H and O–H groups in total. The maximum absolute atomic E-state index is 13.7. The topological polar surface area (TPSA) is 84.0 Å². The summed E-state index contributed by atoms with van der Waals surface area (Å²) in [6.45, 7) is 6.58. The van der Waals surface area contributed by atoms with E-state index in [4.69, 9.17) is 11.6 Å². The molecule has 0 unspecified atom stereocenters. The smallest absolute Gasteiger partial charge is 0.237 e. The first kappa shape index (κ1) is 18.4. The normalized spacial score (nSPS) is 12.1. The molecule has 0 radical (unpaired) electrons. The quantitative estimate of drug-likeness (QED) is 0.796. The van der Waals surface area contributed by atoms with E-state index in [9.17, 15) is 12.8 Å². The van der Waals surface area contributed by atoms with Gasteiger partial charge < -0.3 is 5.32 Å². The Morgan fingerprint density at radius 2 is 1.92 bits per heavy atom. The van der Waals surface area contributed by atoms with E-state index < -0.39 is 20.6 Å². The first-order chi connectivity index (χ1) is 11.0. The van der Waals surface area contributed by atoms with Crippen molar-refractivity contribution in [2.45, 2.75) is 32.4 Å².